The maximum Gasteiger partial charge on any atom is 0.338 e. The number of halogens is 4. The SMILES string of the molecule is COc1ccc(CC(OCC(F)(F)C(F)F)C(=O)O)cc1CC1(C(=O)OC(C)(C)C)C=CC=N1. The highest BCUT2D eigenvalue weighted by Gasteiger charge is 2.43. The number of aliphatic carboxylic acids is 1. The number of carbonyl (C=O) groups is 2. The number of aliphatic imine (C=N–C) groups is 1. The van der Waals surface area contributed by atoms with Gasteiger partial charge in [-0.1, -0.05) is 12.1 Å². The second-order valence-corrected chi connectivity index (χ2v) is 8.79. The van der Waals surface area contributed by atoms with Crippen molar-refractivity contribution in [2.24, 2.45) is 4.99 Å². The van der Waals surface area contributed by atoms with Crippen LogP contribution in [0.5, 0.6) is 5.75 Å². The summed E-state index contributed by atoms with van der Waals surface area (Å²) in [5.74, 6) is -6.29. The Labute approximate surface area is 194 Å². The van der Waals surface area contributed by atoms with Gasteiger partial charge in [0.1, 0.15) is 18.0 Å². The molecule has 188 valence electrons. The van der Waals surface area contributed by atoms with Gasteiger partial charge in [0.2, 0.25) is 0 Å². The van der Waals surface area contributed by atoms with Gasteiger partial charge in [0, 0.05) is 19.1 Å². The molecule has 0 amide bonds. The topological polar surface area (TPSA) is 94.4 Å². The molecule has 0 saturated carbocycles. The van der Waals surface area contributed by atoms with Gasteiger partial charge in [-0.05, 0) is 50.1 Å². The number of hydrogen-bond donors (Lipinski definition) is 1. The van der Waals surface area contributed by atoms with E-state index in [1.165, 1.54) is 31.5 Å². The van der Waals surface area contributed by atoms with Crippen molar-refractivity contribution in [3.8, 4) is 5.75 Å². The first-order chi connectivity index (χ1) is 15.7. The monoisotopic (exact) mass is 489 g/mol. The van der Waals surface area contributed by atoms with E-state index in [4.69, 9.17) is 9.47 Å². The molecule has 1 aromatic rings. The van der Waals surface area contributed by atoms with Crippen LogP contribution in [0.15, 0.2) is 35.3 Å². The summed E-state index contributed by atoms with van der Waals surface area (Å²) in [6.07, 6.45) is -1.54. The molecule has 2 atom stereocenters. The summed E-state index contributed by atoms with van der Waals surface area (Å²) in [6, 6.07) is 4.53. The van der Waals surface area contributed by atoms with E-state index in [2.05, 4.69) is 9.73 Å². The van der Waals surface area contributed by atoms with Crippen LogP contribution in [0, 0.1) is 0 Å². The lowest BCUT2D eigenvalue weighted by Gasteiger charge is -2.28. The number of alkyl halides is 4. The minimum atomic E-state index is -4.48. The van der Waals surface area contributed by atoms with Gasteiger partial charge in [-0.15, -0.1) is 0 Å². The van der Waals surface area contributed by atoms with Crippen LogP contribution in [0.3, 0.4) is 0 Å². The minimum absolute atomic E-state index is 0.00791. The molecule has 0 spiro atoms. The molecule has 34 heavy (non-hydrogen) atoms. The van der Waals surface area contributed by atoms with E-state index >= 15 is 0 Å². The van der Waals surface area contributed by atoms with E-state index in [9.17, 15) is 32.3 Å². The van der Waals surface area contributed by atoms with Crippen molar-refractivity contribution in [3.05, 3.63) is 41.5 Å². The molecule has 2 rings (SSSR count). The van der Waals surface area contributed by atoms with Crippen molar-refractivity contribution in [3.63, 3.8) is 0 Å². The van der Waals surface area contributed by atoms with Crippen molar-refractivity contribution < 1.29 is 46.5 Å². The molecule has 7 nitrogen and oxygen atoms in total. The Hall–Kier alpha value is -2.95. The Morgan fingerprint density at radius 2 is 1.88 bits per heavy atom. The highest BCUT2D eigenvalue weighted by atomic mass is 19.3. The summed E-state index contributed by atoms with van der Waals surface area (Å²) in [6.45, 7) is 3.40. The van der Waals surface area contributed by atoms with Gasteiger partial charge in [0.25, 0.3) is 0 Å². The maximum absolute atomic E-state index is 13.2. The number of allylic oxidation sites excluding steroid dienone is 1. The highest BCUT2D eigenvalue weighted by molar-refractivity contribution is 5.91. The number of hydrogen-bond acceptors (Lipinski definition) is 6. The second-order valence-electron chi connectivity index (χ2n) is 8.79. The fraction of sp³-hybridized carbons (Fsp3) is 0.522. The highest BCUT2D eigenvalue weighted by Crippen LogP contribution is 2.32. The minimum Gasteiger partial charge on any atom is -0.496 e. The quantitative estimate of drug-likeness (QED) is 0.375. The summed E-state index contributed by atoms with van der Waals surface area (Å²) in [5.41, 5.74) is -1.33. The first-order valence-electron chi connectivity index (χ1n) is 10.3. The van der Waals surface area contributed by atoms with Gasteiger partial charge < -0.3 is 19.3 Å². The van der Waals surface area contributed by atoms with Crippen LogP contribution in [-0.2, 0) is 31.9 Å². The number of rotatable bonds is 11. The number of carbonyl (C=O) groups excluding carboxylic acids is 1. The van der Waals surface area contributed by atoms with E-state index in [1.807, 2.05) is 0 Å². The van der Waals surface area contributed by atoms with Crippen LogP contribution in [0.25, 0.3) is 0 Å². The van der Waals surface area contributed by atoms with Crippen LogP contribution < -0.4 is 4.74 Å². The summed E-state index contributed by atoms with van der Waals surface area (Å²) in [4.78, 5) is 28.7. The first-order valence-corrected chi connectivity index (χ1v) is 10.3. The normalized spacial score (nSPS) is 18.9. The largest absolute Gasteiger partial charge is 0.496 e. The summed E-state index contributed by atoms with van der Waals surface area (Å²) in [7, 11) is 1.40. The molecule has 1 aliphatic rings. The van der Waals surface area contributed by atoms with Crippen molar-refractivity contribution >= 4 is 18.2 Å². The predicted octanol–water partition coefficient (Wildman–Crippen LogP) is 3.87. The first kappa shape index (κ1) is 27.3. The van der Waals surface area contributed by atoms with Crippen LogP contribution in [0.4, 0.5) is 17.6 Å². The smallest absolute Gasteiger partial charge is 0.338 e. The number of methoxy groups -OCH3 is 1. The molecular formula is C23H27F4NO6. The van der Waals surface area contributed by atoms with Gasteiger partial charge in [0.05, 0.1) is 7.11 Å². The third-order valence-electron chi connectivity index (χ3n) is 4.81. The average Bonchev–Trinajstić information content (AvgIpc) is 3.19. The van der Waals surface area contributed by atoms with Crippen LogP contribution in [0.1, 0.15) is 31.9 Å². The number of esters is 1. The van der Waals surface area contributed by atoms with Gasteiger partial charge in [-0.2, -0.15) is 8.78 Å². The molecule has 0 fully saturated rings. The number of benzene rings is 1. The molecular weight excluding hydrogens is 462 g/mol. The molecule has 0 aromatic heterocycles. The van der Waals surface area contributed by atoms with Crippen molar-refractivity contribution in [1.82, 2.24) is 0 Å². The molecule has 2 unspecified atom stereocenters. The Bertz CT molecular complexity index is 943. The van der Waals surface area contributed by atoms with Crippen molar-refractivity contribution in [2.75, 3.05) is 13.7 Å². The lowest BCUT2D eigenvalue weighted by molar-refractivity contribution is -0.185. The van der Waals surface area contributed by atoms with Gasteiger partial charge in [0.15, 0.2) is 11.6 Å². The molecule has 0 radical (unpaired) electrons. The third kappa shape index (κ3) is 7.02. The molecule has 0 aliphatic carbocycles. The maximum atomic E-state index is 13.2. The number of nitrogens with zero attached hydrogens (tertiary/aromatic N) is 1. The Morgan fingerprint density at radius 3 is 2.38 bits per heavy atom. The predicted molar refractivity (Wildman–Crippen MR) is 115 cm³/mol. The van der Waals surface area contributed by atoms with E-state index in [1.54, 1.807) is 32.9 Å². The van der Waals surface area contributed by atoms with E-state index in [0.717, 1.165) is 0 Å². The number of ether oxygens (including phenoxy) is 3. The summed E-state index contributed by atoms with van der Waals surface area (Å²) >= 11 is 0. The molecule has 1 aliphatic heterocycles. The van der Waals surface area contributed by atoms with E-state index in [0.29, 0.717) is 16.9 Å². The molecule has 11 heteroatoms. The summed E-state index contributed by atoms with van der Waals surface area (Å²) < 4.78 is 66.6. The third-order valence-corrected chi connectivity index (χ3v) is 4.81. The average molecular weight is 489 g/mol. The van der Waals surface area contributed by atoms with E-state index in [-0.39, 0.29) is 12.8 Å². The molecule has 0 saturated heterocycles. The molecule has 1 aromatic carbocycles. The zero-order chi connectivity index (χ0) is 25.7. The summed E-state index contributed by atoms with van der Waals surface area (Å²) in [5, 5.41) is 9.32. The van der Waals surface area contributed by atoms with Crippen LogP contribution >= 0.6 is 0 Å². The zero-order valence-corrected chi connectivity index (χ0v) is 19.2. The fourth-order valence-electron chi connectivity index (χ4n) is 3.18. The molecule has 0 bridgehead atoms. The Morgan fingerprint density at radius 1 is 1.21 bits per heavy atom. The second kappa shape index (κ2) is 10.5. The Kier molecular flexibility index (Phi) is 8.46. The van der Waals surface area contributed by atoms with Gasteiger partial charge in [-0.25, -0.2) is 18.4 Å². The van der Waals surface area contributed by atoms with Crippen molar-refractivity contribution in [1.29, 1.82) is 0 Å². The lowest BCUT2D eigenvalue weighted by atomic mass is 9.89. The zero-order valence-electron chi connectivity index (χ0n) is 19.2. The molecule has 1 heterocycles. The standard InChI is InChI=1S/C23H27F4NO6/c1-21(2,3)34-20(31)22(8-5-9-28-22)12-15-10-14(6-7-16(15)32-4)11-17(18(29)30)33-13-23(26,27)19(24)25/h5-10,17,19H,11-13H2,1-4H3,(H,29,30). The lowest BCUT2D eigenvalue weighted by Crippen LogP contribution is -2.41. The number of carboxylic acid groups (broad SMARTS) is 1. The van der Waals surface area contributed by atoms with Crippen LogP contribution in [-0.4, -0.2) is 66.6 Å². The van der Waals surface area contributed by atoms with Gasteiger partial charge >= 0.3 is 24.3 Å². The number of carboxylic acids is 1. The fourth-order valence-corrected chi connectivity index (χ4v) is 3.18. The van der Waals surface area contributed by atoms with Crippen molar-refractivity contribution in [2.45, 2.75) is 63.2 Å². The molecule has 1 N–H and O–H groups in total. The van der Waals surface area contributed by atoms with Crippen LogP contribution in [0.2, 0.25) is 0 Å². The van der Waals surface area contributed by atoms with Gasteiger partial charge in [-0.3, -0.25) is 4.99 Å². The van der Waals surface area contributed by atoms with E-state index < -0.39 is 48.1 Å². The Balaban J connectivity index is 2.29.